The van der Waals surface area contributed by atoms with Gasteiger partial charge in [-0.25, -0.2) is 4.39 Å². The monoisotopic (exact) mass is 324 g/mol. The van der Waals surface area contributed by atoms with Crippen molar-refractivity contribution >= 4 is 10.8 Å². The van der Waals surface area contributed by atoms with Crippen LogP contribution in [-0.4, -0.2) is 0 Å². The summed E-state index contributed by atoms with van der Waals surface area (Å²) in [6.07, 6.45) is 11.2. The summed E-state index contributed by atoms with van der Waals surface area (Å²) in [7, 11) is 0. The smallest absolute Gasteiger partial charge is 0.123 e. The van der Waals surface area contributed by atoms with Crippen LogP contribution in [0.15, 0.2) is 36.4 Å². The van der Waals surface area contributed by atoms with Gasteiger partial charge in [0.15, 0.2) is 0 Å². The fourth-order valence-electron chi connectivity index (χ4n) is 5.45. The zero-order valence-corrected chi connectivity index (χ0v) is 14.8. The van der Waals surface area contributed by atoms with Crippen molar-refractivity contribution in [2.24, 2.45) is 17.8 Å². The second-order valence-corrected chi connectivity index (χ2v) is 8.25. The number of hydrogen-bond acceptors (Lipinski definition) is 0. The zero-order valence-electron chi connectivity index (χ0n) is 14.8. The highest BCUT2D eigenvalue weighted by Crippen LogP contribution is 2.48. The molecular formula is C23H29F. The van der Waals surface area contributed by atoms with Crippen LogP contribution in [0.1, 0.15) is 69.8 Å². The molecule has 0 N–H and O–H groups in total. The van der Waals surface area contributed by atoms with E-state index in [4.69, 9.17) is 0 Å². The maximum Gasteiger partial charge on any atom is 0.123 e. The molecule has 2 saturated carbocycles. The van der Waals surface area contributed by atoms with E-state index in [1.54, 1.807) is 12.1 Å². The number of rotatable bonds is 3. The SMILES string of the molecule is CCCC1CCC2CC(c3ccc4ccc(F)cc4c3)CCC2C1. The quantitative estimate of drug-likeness (QED) is 0.566. The highest BCUT2D eigenvalue weighted by atomic mass is 19.1. The van der Waals surface area contributed by atoms with Gasteiger partial charge in [0.1, 0.15) is 5.82 Å². The Hall–Kier alpha value is -1.37. The Bertz CT molecular complexity index is 704. The molecule has 0 saturated heterocycles. The summed E-state index contributed by atoms with van der Waals surface area (Å²) in [5.74, 6) is 3.46. The molecule has 4 rings (SSSR count). The van der Waals surface area contributed by atoms with Gasteiger partial charge < -0.3 is 0 Å². The molecule has 2 fully saturated rings. The van der Waals surface area contributed by atoms with E-state index in [2.05, 4.69) is 25.1 Å². The molecule has 2 aliphatic rings. The van der Waals surface area contributed by atoms with Crippen LogP contribution in [0.3, 0.4) is 0 Å². The molecule has 0 amide bonds. The summed E-state index contributed by atoms with van der Waals surface area (Å²) in [5.41, 5.74) is 1.43. The van der Waals surface area contributed by atoms with E-state index in [9.17, 15) is 4.39 Å². The summed E-state index contributed by atoms with van der Waals surface area (Å²) < 4.78 is 13.5. The molecule has 0 spiro atoms. The zero-order chi connectivity index (χ0) is 16.5. The molecular weight excluding hydrogens is 295 g/mol. The van der Waals surface area contributed by atoms with E-state index in [1.807, 2.05) is 6.07 Å². The second kappa shape index (κ2) is 6.86. The molecule has 0 bridgehead atoms. The highest BCUT2D eigenvalue weighted by Gasteiger charge is 2.35. The van der Waals surface area contributed by atoms with Crippen molar-refractivity contribution in [2.75, 3.05) is 0 Å². The average molecular weight is 324 g/mol. The molecule has 0 aliphatic heterocycles. The first-order chi connectivity index (χ1) is 11.7. The van der Waals surface area contributed by atoms with Crippen LogP contribution in [-0.2, 0) is 0 Å². The van der Waals surface area contributed by atoms with Crippen molar-refractivity contribution in [3.63, 3.8) is 0 Å². The summed E-state index contributed by atoms with van der Waals surface area (Å²) in [5, 5.41) is 2.20. The van der Waals surface area contributed by atoms with E-state index in [0.717, 1.165) is 28.5 Å². The van der Waals surface area contributed by atoms with E-state index in [-0.39, 0.29) is 5.82 Å². The van der Waals surface area contributed by atoms with E-state index >= 15 is 0 Å². The van der Waals surface area contributed by atoms with Gasteiger partial charge in [0.25, 0.3) is 0 Å². The maximum atomic E-state index is 13.5. The number of fused-ring (bicyclic) bond motifs is 2. The van der Waals surface area contributed by atoms with Gasteiger partial charge in [-0.2, -0.15) is 0 Å². The Kier molecular flexibility index (Phi) is 4.61. The lowest BCUT2D eigenvalue weighted by molar-refractivity contribution is 0.114. The lowest BCUT2D eigenvalue weighted by atomic mass is 9.63. The summed E-state index contributed by atoms with van der Waals surface area (Å²) in [6.45, 7) is 2.32. The number of hydrogen-bond donors (Lipinski definition) is 0. The minimum Gasteiger partial charge on any atom is -0.207 e. The third-order valence-corrected chi connectivity index (χ3v) is 6.72. The fraction of sp³-hybridized carbons (Fsp3) is 0.565. The number of halogens is 1. The molecule has 24 heavy (non-hydrogen) atoms. The molecule has 1 heteroatoms. The molecule has 2 aromatic rings. The van der Waals surface area contributed by atoms with Crippen molar-refractivity contribution < 1.29 is 4.39 Å². The summed E-state index contributed by atoms with van der Waals surface area (Å²) in [4.78, 5) is 0. The van der Waals surface area contributed by atoms with E-state index < -0.39 is 0 Å². The Morgan fingerprint density at radius 2 is 1.67 bits per heavy atom. The number of benzene rings is 2. The van der Waals surface area contributed by atoms with Gasteiger partial charge in [0, 0.05) is 0 Å². The standard InChI is InChI=1S/C23H29F/c1-2-3-16-4-5-19-13-20(9-8-18(19)12-16)21-7-6-17-10-11-23(24)15-22(17)14-21/h6-7,10-11,14-16,18-20H,2-5,8-9,12-13H2,1H3. The normalized spacial score (nSPS) is 30.2. The molecule has 2 aliphatic carbocycles. The van der Waals surface area contributed by atoms with Gasteiger partial charge >= 0.3 is 0 Å². The largest absolute Gasteiger partial charge is 0.207 e. The van der Waals surface area contributed by atoms with Crippen LogP contribution >= 0.6 is 0 Å². The third kappa shape index (κ3) is 3.23. The summed E-state index contributed by atoms with van der Waals surface area (Å²) in [6, 6.07) is 11.8. The molecule has 128 valence electrons. The van der Waals surface area contributed by atoms with Crippen molar-refractivity contribution in [1.82, 2.24) is 0 Å². The molecule has 0 radical (unpaired) electrons. The van der Waals surface area contributed by atoms with Crippen LogP contribution < -0.4 is 0 Å². The van der Waals surface area contributed by atoms with Crippen LogP contribution in [0.5, 0.6) is 0 Å². The van der Waals surface area contributed by atoms with Gasteiger partial charge in [-0.15, -0.1) is 0 Å². The molecule has 0 heterocycles. The van der Waals surface area contributed by atoms with Crippen LogP contribution in [0.25, 0.3) is 10.8 Å². The Morgan fingerprint density at radius 3 is 2.54 bits per heavy atom. The topological polar surface area (TPSA) is 0 Å². The minimum atomic E-state index is -0.127. The molecule has 2 aromatic carbocycles. The maximum absolute atomic E-state index is 13.5. The first-order valence-electron chi connectivity index (χ1n) is 9.92. The fourth-order valence-corrected chi connectivity index (χ4v) is 5.45. The Labute approximate surface area is 145 Å². The summed E-state index contributed by atoms with van der Waals surface area (Å²) >= 11 is 0. The molecule has 0 aromatic heterocycles. The molecule has 0 nitrogen and oxygen atoms in total. The van der Waals surface area contributed by atoms with Gasteiger partial charge in [-0.3, -0.25) is 0 Å². The van der Waals surface area contributed by atoms with E-state index in [1.165, 1.54) is 56.9 Å². The van der Waals surface area contributed by atoms with Crippen LogP contribution in [0.2, 0.25) is 0 Å². The van der Waals surface area contributed by atoms with Crippen molar-refractivity contribution in [2.45, 2.75) is 64.2 Å². The van der Waals surface area contributed by atoms with Crippen LogP contribution in [0.4, 0.5) is 4.39 Å². The van der Waals surface area contributed by atoms with Gasteiger partial charge in [0.05, 0.1) is 0 Å². The third-order valence-electron chi connectivity index (χ3n) is 6.72. The second-order valence-electron chi connectivity index (χ2n) is 8.25. The van der Waals surface area contributed by atoms with E-state index in [0.29, 0.717) is 5.92 Å². The van der Waals surface area contributed by atoms with Crippen LogP contribution in [0, 0.1) is 23.6 Å². The van der Waals surface area contributed by atoms with Gasteiger partial charge in [-0.1, -0.05) is 50.5 Å². The Balaban J connectivity index is 1.49. The first kappa shape index (κ1) is 16.1. The molecule has 4 unspecified atom stereocenters. The average Bonchev–Trinajstić information content (AvgIpc) is 2.61. The van der Waals surface area contributed by atoms with Gasteiger partial charge in [-0.05, 0) is 84.2 Å². The predicted molar refractivity (Wildman–Crippen MR) is 99.7 cm³/mol. The predicted octanol–water partition coefficient (Wildman–Crippen LogP) is 7.08. The lowest BCUT2D eigenvalue weighted by Crippen LogP contribution is -2.30. The Morgan fingerprint density at radius 1 is 0.875 bits per heavy atom. The van der Waals surface area contributed by atoms with Gasteiger partial charge in [0.2, 0.25) is 0 Å². The minimum absolute atomic E-state index is 0.127. The van der Waals surface area contributed by atoms with Crippen molar-refractivity contribution in [3.05, 3.63) is 47.8 Å². The van der Waals surface area contributed by atoms with Crippen molar-refractivity contribution in [1.29, 1.82) is 0 Å². The first-order valence-corrected chi connectivity index (χ1v) is 9.92. The lowest BCUT2D eigenvalue weighted by Gasteiger charge is -2.42. The van der Waals surface area contributed by atoms with Crippen molar-refractivity contribution in [3.8, 4) is 0 Å². The highest BCUT2D eigenvalue weighted by molar-refractivity contribution is 5.83. The molecule has 4 atom stereocenters.